The van der Waals surface area contributed by atoms with Gasteiger partial charge in [0.2, 0.25) is 0 Å². The molecule has 2 aliphatic rings. The second-order valence-corrected chi connectivity index (χ2v) is 13.7. The summed E-state index contributed by atoms with van der Waals surface area (Å²) in [7, 11) is 0. The van der Waals surface area contributed by atoms with Gasteiger partial charge in [-0.1, -0.05) is 73.2 Å². The highest BCUT2D eigenvalue weighted by molar-refractivity contribution is 9.10. The number of hydrogen-bond acceptors (Lipinski definition) is 7. The van der Waals surface area contributed by atoms with E-state index in [2.05, 4.69) is 99.7 Å². The van der Waals surface area contributed by atoms with E-state index in [1.807, 2.05) is 28.9 Å². The summed E-state index contributed by atoms with van der Waals surface area (Å²) in [6.07, 6.45) is 4.94. The van der Waals surface area contributed by atoms with E-state index in [4.69, 9.17) is 4.84 Å². The number of hydroxylamine groups is 2. The Morgan fingerprint density at radius 2 is 1.36 bits per heavy atom. The number of nitrogens with zero attached hydrogens (tertiary/aromatic N) is 2. The van der Waals surface area contributed by atoms with Crippen LogP contribution in [0.5, 0.6) is 0 Å². The minimum absolute atomic E-state index is 0.105. The van der Waals surface area contributed by atoms with Gasteiger partial charge in [0.15, 0.2) is 21.3 Å². The zero-order valence-corrected chi connectivity index (χ0v) is 27.8. The Morgan fingerprint density at radius 3 is 2.00 bits per heavy atom. The molecule has 44 heavy (non-hydrogen) atoms. The maximum Gasteiger partial charge on any atom is 0.333 e. The van der Waals surface area contributed by atoms with Crippen molar-refractivity contribution >= 4 is 74.2 Å². The highest BCUT2D eigenvalue weighted by atomic mass is 79.9. The van der Waals surface area contributed by atoms with Crippen LogP contribution >= 0.6 is 39.5 Å². The molecule has 0 bridgehead atoms. The molecule has 2 amide bonds. The predicted octanol–water partition coefficient (Wildman–Crippen LogP) is 9.03. The van der Waals surface area contributed by atoms with Crippen LogP contribution in [0.25, 0.3) is 5.57 Å². The molecule has 0 atom stereocenters. The smallest absolute Gasteiger partial charge is 0.333 e. The molecule has 0 aliphatic carbocycles. The van der Waals surface area contributed by atoms with Gasteiger partial charge in [0.1, 0.15) is 6.42 Å². The van der Waals surface area contributed by atoms with Crippen molar-refractivity contribution < 1.29 is 19.2 Å². The molecule has 0 spiro atoms. The SMILES string of the molecule is O=C(CCCCCSC(SCCC[CH+]Br)=C1c2ccccc2N(Cc2ccccc2)c2ccccc21)ON1C(=O)CCC1=O. The number of thioether (sulfide) groups is 2. The van der Waals surface area contributed by atoms with Crippen LogP contribution in [0, 0.1) is 5.33 Å². The predicted molar refractivity (Wildman–Crippen MR) is 184 cm³/mol. The van der Waals surface area contributed by atoms with Crippen molar-refractivity contribution in [1.29, 1.82) is 0 Å². The summed E-state index contributed by atoms with van der Waals surface area (Å²) in [4.78, 5) is 43.0. The monoisotopic (exact) mass is 691 g/mol. The van der Waals surface area contributed by atoms with Gasteiger partial charge in [0, 0.05) is 63.9 Å². The molecule has 3 aromatic rings. The van der Waals surface area contributed by atoms with Crippen LogP contribution in [-0.4, -0.2) is 34.4 Å². The van der Waals surface area contributed by atoms with Crippen molar-refractivity contribution in [2.75, 3.05) is 16.4 Å². The van der Waals surface area contributed by atoms with E-state index < -0.39 is 17.8 Å². The van der Waals surface area contributed by atoms with Crippen molar-refractivity contribution in [3.05, 3.63) is 105 Å². The van der Waals surface area contributed by atoms with E-state index in [-0.39, 0.29) is 19.3 Å². The first-order valence-electron chi connectivity index (χ1n) is 15.1. The Balaban J connectivity index is 1.31. The number of fused-ring (bicyclic) bond motifs is 2. The molecule has 2 aliphatic heterocycles. The minimum Gasteiger partial charge on any atom is -0.336 e. The van der Waals surface area contributed by atoms with Crippen LogP contribution in [-0.2, 0) is 25.8 Å². The van der Waals surface area contributed by atoms with Gasteiger partial charge < -0.3 is 9.74 Å². The van der Waals surface area contributed by atoms with Gasteiger partial charge in [-0.15, -0.1) is 28.6 Å². The maximum atomic E-state index is 12.2. The maximum absolute atomic E-state index is 12.2. The number of anilines is 2. The van der Waals surface area contributed by atoms with E-state index in [0.29, 0.717) is 11.5 Å². The summed E-state index contributed by atoms with van der Waals surface area (Å²) in [6.45, 7) is 0.793. The standard InChI is InChI=1S/C35H36BrN2O4S2/c36-22-10-12-24-44-35(43-23-11-2-5-19-33(41)42-38-31(39)20-21-32(38)40)34-27-15-6-8-17-29(27)37(25-26-13-3-1-4-14-26)30-18-9-7-16-28(30)34/h1,3-4,6-9,13-18,22H,2,5,10-12,19-21,23-25H2/q+1. The summed E-state index contributed by atoms with van der Waals surface area (Å²) in [5.74, 6) is 0.527. The number of amides is 2. The van der Waals surface area contributed by atoms with E-state index in [0.717, 1.165) is 43.7 Å². The largest absolute Gasteiger partial charge is 0.336 e. The Kier molecular flexibility index (Phi) is 11.9. The van der Waals surface area contributed by atoms with Crippen LogP contribution < -0.4 is 4.90 Å². The zero-order valence-electron chi connectivity index (χ0n) is 24.6. The molecule has 9 heteroatoms. The third-order valence-corrected chi connectivity index (χ3v) is 10.5. The van der Waals surface area contributed by atoms with Gasteiger partial charge in [0.25, 0.3) is 11.8 Å². The van der Waals surface area contributed by atoms with Crippen LogP contribution in [0.2, 0.25) is 0 Å². The van der Waals surface area contributed by atoms with Crippen molar-refractivity contribution in [2.45, 2.75) is 57.9 Å². The van der Waals surface area contributed by atoms with E-state index in [1.165, 1.54) is 37.9 Å². The third-order valence-electron chi connectivity index (χ3n) is 7.46. The van der Waals surface area contributed by atoms with Crippen LogP contribution in [0.15, 0.2) is 83.1 Å². The second-order valence-electron chi connectivity index (χ2n) is 10.6. The summed E-state index contributed by atoms with van der Waals surface area (Å²) in [5, 5.41) is 2.67. The van der Waals surface area contributed by atoms with Gasteiger partial charge in [-0.3, -0.25) is 9.59 Å². The van der Waals surface area contributed by atoms with E-state index >= 15 is 0 Å². The second kappa shape index (κ2) is 16.3. The first-order valence-corrected chi connectivity index (χ1v) is 17.9. The van der Waals surface area contributed by atoms with Crippen LogP contribution in [0.1, 0.15) is 68.1 Å². The molecule has 5 rings (SSSR count). The lowest BCUT2D eigenvalue weighted by atomic mass is 9.91. The number of para-hydroxylation sites is 2. The highest BCUT2D eigenvalue weighted by Crippen LogP contribution is 2.50. The van der Waals surface area contributed by atoms with Gasteiger partial charge in [0.05, 0.1) is 0 Å². The average Bonchev–Trinajstić information content (AvgIpc) is 3.36. The molecule has 1 saturated heterocycles. The van der Waals surface area contributed by atoms with Gasteiger partial charge >= 0.3 is 5.97 Å². The number of carbonyl (C=O) groups is 3. The van der Waals surface area contributed by atoms with Gasteiger partial charge in [-0.2, -0.15) is 0 Å². The Labute approximate surface area is 276 Å². The number of rotatable bonds is 15. The lowest BCUT2D eigenvalue weighted by Crippen LogP contribution is -2.31. The molecule has 0 saturated carbocycles. The summed E-state index contributed by atoms with van der Waals surface area (Å²) >= 11 is 7.27. The first-order chi connectivity index (χ1) is 21.6. The number of hydrogen-bond donors (Lipinski definition) is 0. The molecular formula is C35H36BrN2O4S2+. The molecule has 3 aromatic carbocycles. The zero-order chi connectivity index (χ0) is 30.7. The summed E-state index contributed by atoms with van der Waals surface area (Å²) < 4.78 is 1.32. The minimum atomic E-state index is -0.529. The fourth-order valence-electron chi connectivity index (χ4n) is 5.30. The number of unbranched alkanes of at least 4 members (excludes halogenated alkanes) is 3. The molecule has 0 aromatic heterocycles. The quantitative estimate of drug-likeness (QED) is 0.0895. The topological polar surface area (TPSA) is 66.9 Å². The van der Waals surface area contributed by atoms with Crippen molar-refractivity contribution in [2.24, 2.45) is 0 Å². The normalized spacial score (nSPS) is 14.0. The Morgan fingerprint density at radius 1 is 0.773 bits per heavy atom. The number of imide groups is 1. The molecule has 0 unspecified atom stereocenters. The lowest BCUT2D eigenvalue weighted by Gasteiger charge is -2.35. The number of halogens is 1. The lowest BCUT2D eigenvalue weighted by molar-refractivity contribution is -0.197. The molecule has 228 valence electrons. The summed E-state index contributed by atoms with van der Waals surface area (Å²) in [5.41, 5.74) is 7.48. The Hall–Kier alpha value is -3.14. The van der Waals surface area contributed by atoms with Gasteiger partial charge in [-0.25, -0.2) is 4.79 Å². The van der Waals surface area contributed by atoms with Crippen molar-refractivity contribution in [3.8, 4) is 0 Å². The van der Waals surface area contributed by atoms with Crippen LogP contribution in [0.4, 0.5) is 11.4 Å². The van der Waals surface area contributed by atoms with Crippen molar-refractivity contribution in [1.82, 2.24) is 5.06 Å². The fourth-order valence-corrected chi connectivity index (χ4v) is 8.22. The Bertz CT molecular complexity index is 1430. The van der Waals surface area contributed by atoms with E-state index in [1.54, 1.807) is 0 Å². The van der Waals surface area contributed by atoms with Crippen LogP contribution in [0.3, 0.4) is 0 Å². The number of carbonyl (C=O) groups excluding carboxylic acids is 3. The molecular weight excluding hydrogens is 656 g/mol. The molecule has 6 nitrogen and oxygen atoms in total. The summed E-state index contributed by atoms with van der Waals surface area (Å²) in [6, 6.07) is 28.0. The molecule has 2 heterocycles. The van der Waals surface area contributed by atoms with Crippen molar-refractivity contribution in [3.63, 3.8) is 0 Å². The van der Waals surface area contributed by atoms with Gasteiger partial charge in [-0.05, 0) is 42.7 Å². The third kappa shape index (κ3) is 8.11. The average molecular weight is 693 g/mol. The molecule has 1 fully saturated rings. The molecule has 0 radical (unpaired) electrons. The fraction of sp³-hybridized carbons (Fsp3) is 0.314. The first kappa shape index (κ1) is 32.3. The number of benzene rings is 3. The van der Waals surface area contributed by atoms with E-state index in [9.17, 15) is 14.4 Å². The highest BCUT2D eigenvalue weighted by Gasteiger charge is 2.33. The molecule has 0 N–H and O–H groups in total.